The zero-order valence-corrected chi connectivity index (χ0v) is 6.66. The molecular weight excluding hydrogens is 140 g/mol. The highest BCUT2D eigenvalue weighted by molar-refractivity contribution is 7.11. The molecule has 0 nitrogen and oxygen atoms in total. The Labute approximate surface area is 65.2 Å². The zero-order chi connectivity index (χ0) is 6.97. The zero-order valence-electron chi connectivity index (χ0n) is 5.84. The van der Waals surface area contributed by atoms with Gasteiger partial charge < -0.3 is 0 Å². The molecule has 0 atom stereocenters. The highest BCUT2D eigenvalue weighted by Crippen LogP contribution is 2.41. The van der Waals surface area contributed by atoms with E-state index in [-0.39, 0.29) is 0 Å². The fourth-order valence-electron chi connectivity index (χ4n) is 1.09. The molecule has 0 N–H and O–H groups in total. The van der Waals surface area contributed by atoms with Crippen molar-refractivity contribution in [2.75, 3.05) is 0 Å². The van der Waals surface area contributed by atoms with Crippen LogP contribution in [0.5, 0.6) is 0 Å². The molecule has 1 heteroatoms. The summed E-state index contributed by atoms with van der Waals surface area (Å²) >= 11 is 1.80. The van der Waals surface area contributed by atoms with Gasteiger partial charge in [-0.2, -0.15) is 0 Å². The van der Waals surface area contributed by atoms with Gasteiger partial charge in [0.25, 0.3) is 0 Å². The van der Waals surface area contributed by atoms with E-state index in [1.807, 2.05) is 0 Å². The van der Waals surface area contributed by atoms with Crippen molar-refractivity contribution in [2.24, 2.45) is 5.92 Å². The van der Waals surface area contributed by atoms with E-state index in [1.165, 1.54) is 23.3 Å². The molecular formula is C9H10S. The van der Waals surface area contributed by atoms with Gasteiger partial charge in [0, 0.05) is 4.88 Å². The molecule has 0 aliphatic heterocycles. The smallest absolute Gasteiger partial charge is 0.0299 e. The molecule has 10 heavy (non-hydrogen) atoms. The Morgan fingerprint density at radius 2 is 2.40 bits per heavy atom. The van der Waals surface area contributed by atoms with Gasteiger partial charge in [0.05, 0.1) is 0 Å². The van der Waals surface area contributed by atoms with Crippen molar-refractivity contribution in [3.05, 3.63) is 29.0 Å². The average Bonchev–Trinajstić information content (AvgIpc) is 2.65. The summed E-state index contributed by atoms with van der Waals surface area (Å²) in [4.78, 5) is 1.38. The maximum absolute atomic E-state index is 4.07. The number of allylic oxidation sites excluding steroid dienone is 1. The van der Waals surface area contributed by atoms with E-state index < -0.39 is 0 Å². The van der Waals surface area contributed by atoms with Gasteiger partial charge in [-0.25, -0.2) is 0 Å². The molecule has 2 rings (SSSR count). The van der Waals surface area contributed by atoms with Gasteiger partial charge in [-0.15, -0.1) is 11.3 Å². The number of rotatable bonds is 2. The number of hydrogen-bond acceptors (Lipinski definition) is 1. The normalized spacial score (nSPS) is 17.2. The molecule has 0 bridgehead atoms. The van der Waals surface area contributed by atoms with Gasteiger partial charge in [-0.1, -0.05) is 12.6 Å². The van der Waals surface area contributed by atoms with Gasteiger partial charge in [-0.3, -0.25) is 0 Å². The summed E-state index contributed by atoms with van der Waals surface area (Å²) in [6, 6.07) is 4.25. The van der Waals surface area contributed by atoms with Gasteiger partial charge in [0.1, 0.15) is 0 Å². The van der Waals surface area contributed by atoms with E-state index in [4.69, 9.17) is 0 Å². The van der Waals surface area contributed by atoms with Crippen molar-refractivity contribution in [1.29, 1.82) is 0 Å². The summed E-state index contributed by atoms with van der Waals surface area (Å²) in [6.07, 6.45) is 2.72. The van der Waals surface area contributed by atoms with Crippen molar-refractivity contribution in [2.45, 2.75) is 12.8 Å². The highest BCUT2D eigenvalue weighted by Gasteiger charge is 2.25. The van der Waals surface area contributed by atoms with Crippen LogP contribution < -0.4 is 0 Å². The second-order valence-electron chi connectivity index (χ2n) is 2.78. The summed E-state index contributed by atoms with van der Waals surface area (Å²) in [7, 11) is 0. The summed E-state index contributed by atoms with van der Waals surface area (Å²) in [5.41, 5.74) is 1.36. The molecule has 0 unspecified atom stereocenters. The Bertz CT molecular complexity index is 229. The number of hydrogen-bond donors (Lipinski definition) is 0. The van der Waals surface area contributed by atoms with Crippen LogP contribution in [0.2, 0.25) is 0 Å². The highest BCUT2D eigenvalue weighted by atomic mass is 32.1. The maximum atomic E-state index is 4.07. The lowest BCUT2D eigenvalue weighted by atomic mass is 10.2. The molecule has 0 spiro atoms. The first-order valence-corrected chi connectivity index (χ1v) is 4.48. The first kappa shape index (κ1) is 6.17. The molecule has 0 aromatic carbocycles. The van der Waals surface area contributed by atoms with E-state index in [0.717, 1.165) is 5.92 Å². The molecule has 1 heterocycles. The predicted octanol–water partition coefficient (Wildman–Crippen LogP) is 3.17. The minimum Gasteiger partial charge on any atom is -0.144 e. The SMILES string of the molecule is C=C(c1cccs1)C1CC1. The van der Waals surface area contributed by atoms with Gasteiger partial charge in [0.2, 0.25) is 0 Å². The van der Waals surface area contributed by atoms with Gasteiger partial charge >= 0.3 is 0 Å². The molecule has 1 saturated carbocycles. The second kappa shape index (κ2) is 2.24. The summed E-state index contributed by atoms with van der Waals surface area (Å²) < 4.78 is 0. The molecule has 52 valence electrons. The van der Waals surface area contributed by atoms with Crippen LogP contribution in [0, 0.1) is 5.92 Å². The Balaban J connectivity index is 2.19. The van der Waals surface area contributed by atoms with Crippen LogP contribution in [0.1, 0.15) is 17.7 Å². The van der Waals surface area contributed by atoms with Crippen LogP contribution in [0.15, 0.2) is 24.1 Å². The van der Waals surface area contributed by atoms with Crippen LogP contribution in [-0.2, 0) is 0 Å². The largest absolute Gasteiger partial charge is 0.144 e. The van der Waals surface area contributed by atoms with Crippen molar-refractivity contribution in [3.63, 3.8) is 0 Å². The molecule has 1 aromatic rings. The van der Waals surface area contributed by atoms with Crippen LogP contribution in [-0.4, -0.2) is 0 Å². The third-order valence-electron chi connectivity index (χ3n) is 1.91. The topological polar surface area (TPSA) is 0 Å². The van der Waals surface area contributed by atoms with Crippen molar-refractivity contribution < 1.29 is 0 Å². The summed E-state index contributed by atoms with van der Waals surface area (Å²) in [5, 5.41) is 2.11. The minimum absolute atomic E-state index is 0.818. The van der Waals surface area contributed by atoms with E-state index in [2.05, 4.69) is 24.1 Å². The minimum atomic E-state index is 0.818. The van der Waals surface area contributed by atoms with Gasteiger partial charge in [-0.05, 0) is 35.8 Å². The molecule has 0 radical (unpaired) electrons. The third kappa shape index (κ3) is 1.01. The summed E-state index contributed by atoms with van der Waals surface area (Å²) in [5.74, 6) is 0.818. The van der Waals surface area contributed by atoms with Crippen molar-refractivity contribution >= 4 is 16.9 Å². The fourth-order valence-corrected chi connectivity index (χ4v) is 1.87. The fraction of sp³-hybridized carbons (Fsp3) is 0.333. The lowest BCUT2D eigenvalue weighted by Crippen LogP contribution is -1.76. The Morgan fingerprint density at radius 3 is 2.90 bits per heavy atom. The summed E-state index contributed by atoms with van der Waals surface area (Å²) in [6.45, 7) is 4.07. The Kier molecular flexibility index (Phi) is 1.38. The monoisotopic (exact) mass is 150 g/mol. The lowest BCUT2D eigenvalue weighted by molar-refractivity contribution is 1.16. The van der Waals surface area contributed by atoms with Crippen LogP contribution in [0.3, 0.4) is 0 Å². The van der Waals surface area contributed by atoms with Crippen LogP contribution in [0.25, 0.3) is 5.57 Å². The first-order chi connectivity index (χ1) is 4.88. The standard InChI is InChI=1S/C9H10S/c1-7(8-4-5-8)9-3-2-6-10-9/h2-3,6,8H,1,4-5H2. The first-order valence-electron chi connectivity index (χ1n) is 3.60. The Morgan fingerprint density at radius 1 is 1.60 bits per heavy atom. The lowest BCUT2D eigenvalue weighted by Gasteiger charge is -1.96. The average molecular weight is 150 g/mol. The van der Waals surface area contributed by atoms with E-state index >= 15 is 0 Å². The van der Waals surface area contributed by atoms with E-state index in [0.29, 0.717) is 0 Å². The van der Waals surface area contributed by atoms with Crippen LogP contribution >= 0.6 is 11.3 Å². The molecule has 1 aliphatic carbocycles. The van der Waals surface area contributed by atoms with Gasteiger partial charge in [0.15, 0.2) is 0 Å². The quantitative estimate of drug-likeness (QED) is 0.607. The Hall–Kier alpha value is -0.560. The van der Waals surface area contributed by atoms with Crippen LogP contribution in [0.4, 0.5) is 0 Å². The molecule has 0 amide bonds. The molecule has 1 fully saturated rings. The van der Waals surface area contributed by atoms with E-state index in [1.54, 1.807) is 11.3 Å². The van der Waals surface area contributed by atoms with Crippen molar-refractivity contribution in [3.8, 4) is 0 Å². The second-order valence-corrected chi connectivity index (χ2v) is 3.72. The third-order valence-corrected chi connectivity index (χ3v) is 2.85. The molecule has 1 aromatic heterocycles. The maximum Gasteiger partial charge on any atom is 0.0299 e. The number of thiophene rings is 1. The van der Waals surface area contributed by atoms with Crippen molar-refractivity contribution in [1.82, 2.24) is 0 Å². The molecule has 0 saturated heterocycles. The molecule has 1 aliphatic rings. The predicted molar refractivity (Wildman–Crippen MR) is 46.1 cm³/mol. The van der Waals surface area contributed by atoms with E-state index in [9.17, 15) is 0 Å².